The minimum atomic E-state index is 0.646. The summed E-state index contributed by atoms with van der Waals surface area (Å²) in [5.41, 5.74) is 2.87. The van der Waals surface area contributed by atoms with Crippen LogP contribution in [0.1, 0.15) is 30.2 Å². The second-order valence-electron chi connectivity index (χ2n) is 2.85. The number of pyridine rings is 1. The van der Waals surface area contributed by atoms with Crippen LogP contribution >= 0.6 is 0 Å². The maximum absolute atomic E-state index is 8.59. The quantitative estimate of drug-likeness (QED) is 0.665. The van der Waals surface area contributed by atoms with Gasteiger partial charge in [-0.1, -0.05) is 13.3 Å². The molecule has 1 aromatic heterocycles. The number of nitrogens with zero attached hydrogens (tertiary/aromatic N) is 2. The van der Waals surface area contributed by atoms with E-state index in [9.17, 15) is 0 Å². The Labute approximate surface area is 72.9 Å². The maximum atomic E-state index is 8.59. The van der Waals surface area contributed by atoms with E-state index in [0.717, 1.165) is 24.1 Å². The molecule has 0 unspecified atom stereocenters. The zero-order chi connectivity index (χ0) is 8.97. The lowest BCUT2D eigenvalue weighted by molar-refractivity contribution is 0.870. The summed E-state index contributed by atoms with van der Waals surface area (Å²) in [6.45, 7) is 4.12. The first kappa shape index (κ1) is 8.73. The fourth-order valence-electron chi connectivity index (χ4n) is 1.16. The van der Waals surface area contributed by atoms with Crippen LogP contribution in [0.15, 0.2) is 12.3 Å². The number of rotatable bonds is 2. The second kappa shape index (κ2) is 3.87. The normalized spacial score (nSPS) is 9.42. The molecule has 0 spiro atoms. The van der Waals surface area contributed by atoms with Crippen molar-refractivity contribution in [3.63, 3.8) is 0 Å². The molecule has 0 N–H and O–H groups in total. The van der Waals surface area contributed by atoms with Gasteiger partial charge in [0.05, 0.1) is 5.56 Å². The summed E-state index contributed by atoms with van der Waals surface area (Å²) >= 11 is 0. The molecule has 0 aliphatic rings. The summed E-state index contributed by atoms with van der Waals surface area (Å²) in [6.07, 6.45) is 3.73. The highest BCUT2D eigenvalue weighted by Crippen LogP contribution is 2.08. The van der Waals surface area contributed by atoms with Gasteiger partial charge in [-0.15, -0.1) is 0 Å². The molecule has 0 saturated heterocycles. The Morgan fingerprint density at radius 2 is 2.33 bits per heavy atom. The van der Waals surface area contributed by atoms with Crippen LogP contribution in [0.25, 0.3) is 0 Å². The van der Waals surface area contributed by atoms with Gasteiger partial charge >= 0.3 is 0 Å². The van der Waals surface area contributed by atoms with E-state index in [-0.39, 0.29) is 0 Å². The van der Waals surface area contributed by atoms with Gasteiger partial charge in [-0.3, -0.25) is 4.98 Å². The van der Waals surface area contributed by atoms with E-state index in [2.05, 4.69) is 18.0 Å². The molecule has 12 heavy (non-hydrogen) atoms. The van der Waals surface area contributed by atoms with Crippen LogP contribution in [0.3, 0.4) is 0 Å². The van der Waals surface area contributed by atoms with Crippen molar-refractivity contribution in [1.29, 1.82) is 5.26 Å². The van der Waals surface area contributed by atoms with E-state index in [1.807, 2.05) is 13.0 Å². The predicted octanol–water partition coefficient (Wildman–Crippen LogP) is 2.21. The molecule has 0 aliphatic carbocycles. The molecule has 1 rings (SSSR count). The minimum Gasteiger partial charge on any atom is -0.260 e. The molecule has 0 saturated carbocycles. The molecule has 0 aromatic carbocycles. The van der Waals surface area contributed by atoms with Crippen LogP contribution in [0, 0.1) is 18.3 Å². The fraction of sp³-hybridized carbons (Fsp3) is 0.400. The average molecular weight is 160 g/mol. The van der Waals surface area contributed by atoms with Crippen molar-refractivity contribution >= 4 is 0 Å². The molecule has 2 heteroatoms. The molecule has 0 fully saturated rings. The van der Waals surface area contributed by atoms with Crippen molar-refractivity contribution in [2.75, 3.05) is 0 Å². The van der Waals surface area contributed by atoms with Crippen molar-refractivity contribution < 1.29 is 0 Å². The SMILES string of the molecule is CCCc1ncc(C#N)cc1C. The molecule has 0 amide bonds. The minimum absolute atomic E-state index is 0.646. The van der Waals surface area contributed by atoms with Crippen LogP contribution in [-0.4, -0.2) is 4.98 Å². The third kappa shape index (κ3) is 1.82. The van der Waals surface area contributed by atoms with Gasteiger partial charge in [-0.2, -0.15) is 5.26 Å². The van der Waals surface area contributed by atoms with E-state index in [0.29, 0.717) is 5.56 Å². The van der Waals surface area contributed by atoms with E-state index < -0.39 is 0 Å². The Hall–Kier alpha value is -1.36. The maximum Gasteiger partial charge on any atom is 0.101 e. The fourth-order valence-corrected chi connectivity index (χ4v) is 1.16. The number of hydrogen-bond acceptors (Lipinski definition) is 2. The highest BCUT2D eigenvalue weighted by atomic mass is 14.7. The Kier molecular flexibility index (Phi) is 2.82. The largest absolute Gasteiger partial charge is 0.260 e. The summed E-state index contributed by atoms with van der Waals surface area (Å²) in [6, 6.07) is 3.96. The average Bonchev–Trinajstić information content (AvgIpc) is 2.09. The number of aromatic nitrogens is 1. The Morgan fingerprint density at radius 3 is 2.83 bits per heavy atom. The molecule has 0 radical (unpaired) electrons. The number of hydrogen-bond donors (Lipinski definition) is 0. The first-order valence-electron chi connectivity index (χ1n) is 4.13. The lowest BCUT2D eigenvalue weighted by Gasteiger charge is -2.01. The molecule has 0 aliphatic heterocycles. The molecular weight excluding hydrogens is 148 g/mol. The third-order valence-electron chi connectivity index (χ3n) is 1.80. The van der Waals surface area contributed by atoms with Crippen molar-refractivity contribution in [2.24, 2.45) is 0 Å². The lowest BCUT2D eigenvalue weighted by Crippen LogP contribution is -1.93. The summed E-state index contributed by atoms with van der Waals surface area (Å²) in [5.74, 6) is 0. The molecule has 0 bridgehead atoms. The predicted molar refractivity (Wildman–Crippen MR) is 47.7 cm³/mol. The Bertz CT molecular complexity index is 310. The summed E-state index contributed by atoms with van der Waals surface area (Å²) in [5, 5.41) is 8.59. The summed E-state index contributed by atoms with van der Waals surface area (Å²) < 4.78 is 0. The first-order valence-corrected chi connectivity index (χ1v) is 4.13. The topological polar surface area (TPSA) is 36.7 Å². The van der Waals surface area contributed by atoms with Crippen LogP contribution in [0.5, 0.6) is 0 Å². The van der Waals surface area contributed by atoms with Gasteiger partial charge in [-0.25, -0.2) is 0 Å². The second-order valence-corrected chi connectivity index (χ2v) is 2.85. The van der Waals surface area contributed by atoms with Crippen LogP contribution in [0.4, 0.5) is 0 Å². The number of nitriles is 1. The van der Waals surface area contributed by atoms with Gasteiger partial charge < -0.3 is 0 Å². The van der Waals surface area contributed by atoms with Crippen molar-refractivity contribution in [2.45, 2.75) is 26.7 Å². The van der Waals surface area contributed by atoms with E-state index in [4.69, 9.17) is 5.26 Å². The summed E-state index contributed by atoms with van der Waals surface area (Å²) in [4.78, 5) is 4.22. The molecular formula is C10H12N2. The van der Waals surface area contributed by atoms with Crippen molar-refractivity contribution in [1.82, 2.24) is 4.98 Å². The van der Waals surface area contributed by atoms with E-state index in [1.165, 1.54) is 0 Å². The molecule has 1 heterocycles. The van der Waals surface area contributed by atoms with Gasteiger partial charge in [0, 0.05) is 11.9 Å². The molecule has 1 aromatic rings. The zero-order valence-corrected chi connectivity index (χ0v) is 7.46. The highest BCUT2D eigenvalue weighted by molar-refractivity contribution is 5.32. The standard InChI is InChI=1S/C10H12N2/c1-3-4-10-8(2)5-9(6-11)7-12-10/h5,7H,3-4H2,1-2H3. The van der Waals surface area contributed by atoms with Gasteiger partial charge in [0.1, 0.15) is 6.07 Å². The van der Waals surface area contributed by atoms with Crippen LogP contribution in [-0.2, 0) is 6.42 Å². The van der Waals surface area contributed by atoms with E-state index in [1.54, 1.807) is 6.20 Å². The Balaban J connectivity index is 2.97. The van der Waals surface area contributed by atoms with Gasteiger partial charge in [0.15, 0.2) is 0 Å². The van der Waals surface area contributed by atoms with Crippen molar-refractivity contribution in [3.05, 3.63) is 29.1 Å². The molecule has 62 valence electrons. The van der Waals surface area contributed by atoms with Crippen LogP contribution < -0.4 is 0 Å². The van der Waals surface area contributed by atoms with Gasteiger partial charge in [0.2, 0.25) is 0 Å². The summed E-state index contributed by atoms with van der Waals surface area (Å²) in [7, 11) is 0. The van der Waals surface area contributed by atoms with Crippen molar-refractivity contribution in [3.8, 4) is 6.07 Å². The first-order chi connectivity index (χ1) is 5.77. The molecule has 2 nitrogen and oxygen atoms in total. The van der Waals surface area contributed by atoms with Gasteiger partial charge in [-0.05, 0) is 25.0 Å². The molecule has 0 atom stereocenters. The van der Waals surface area contributed by atoms with Crippen LogP contribution in [0.2, 0.25) is 0 Å². The Morgan fingerprint density at radius 1 is 1.58 bits per heavy atom. The zero-order valence-electron chi connectivity index (χ0n) is 7.46. The third-order valence-corrected chi connectivity index (χ3v) is 1.80. The van der Waals surface area contributed by atoms with Gasteiger partial charge in [0.25, 0.3) is 0 Å². The number of aryl methyl sites for hydroxylation is 2. The monoisotopic (exact) mass is 160 g/mol. The lowest BCUT2D eigenvalue weighted by atomic mass is 10.1. The van der Waals surface area contributed by atoms with E-state index >= 15 is 0 Å². The highest BCUT2D eigenvalue weighted by Gasteiger charge is 1.99. The smallest absolute Gasteiger partial charge is 0.101 e.